The van der Waals surface area contributed by atoms with Crippen LogP contribution in [-0.2, 0) is 4.79 Å². The summed E-state index contributed by atoms with van der Waals surface area (Å²) in [6, 6.07) is 10.8. The lowest BCUT2D eigenvalue weighted by Gasteiger charge is -2.13. The van der Waals surface area contributed by atoms with Crippen LogP contribution in [0.25, 0.3) is 0 Å². The molecule has 2 aromatic rings. The number of nitrogens with one attached hydrogen (secondary N) is 2. The van der Waals surface area contributed by atoms with Gasteiger partial charge in [-0.3, -0.25) is 9.59 Å². The lowest BCUT2D eigenvalue weighted by molar-refractivity contribution is -0.117. The van der Waals surface area contributed by atoms with Gasteiger partial charge >= 0.3 is 0 Å². The highest BCUT2D eigenvalue weighted by atomic mass is 35.5. The van der Waals surface area contributed by atoms with Crippen molar-refractivity contribution in [1.29, 1.82) is 0 Å². The maximum absolute atomic E-state index is 12.3. The lowest BCUT2D eigenvalue weighted by Crippen LogP contribution is -2.25. The molecule has 120 valence electrons. The first-order valence-electron chi connectivity index (χ1n) is 7.50. The van der Waals surface area contributed by atoms with Crippen molar-refractivity contribution in [3.05, 3.63) is 51.9 Å². The van der Waals surface area contributed by atoms with E-state index < -0.39 is 0 Å². The summed E-state index contributed by atoms with van der Waals surface area (Å²) < 4.78 is 0. The zero-order chi connectivity index (χ0) is 16.4. The van der Waals surface area contributed by atoms with E-state index in [0.717, 1.165) is 18.4 Å². The largest absolute Gasteiger partial charge is 0.345 e. The first-order valence-corrected chi connectivity index (χ1v) is 8.69. The lowest BCUT2D eigenvalue weighted by atomic mass is 10.1. The number of hydrogen-bond donors (Lipinski definition) is 2. The SMILES string of the molecule is CC(NC(=O)c1ccc(NC(=O)C2CC2)s1)c1ccc(Cl)cc1. The summed E-state index contributed by atoms with van der Waals surface area (Å²) in [4.78, 5) is 24.6. The minimum atomic E-state index is -0.149. The molecule has 3 rings (SSSR count). The number of carbonyl (C=O) groups is 2. The number of halogens is 1. The minimum Gasteiger partial charge on any atom is -0.345 e. The molecule has 1 aliphatic rings. The number of amides is 2. The average molecular weight is 349 g/mol. The second-order valence-electron chi connectivity index (χ2n) is 5.67. The molecule has 4 nitrogen and oxygen atoms in total. The zero-order valence-corrected chi connectivity index (χ0v) is 14.2. The number of benzene rings is 1. The van der Waals surface area contributed by atoms with E-state index in [1.165, 1.54) is 11.3 Å². The van der Waals surface area contributed by atoms with E-state index in [-0.39, 0.29) is 23.8 Å². The topological polar surface area (TPSA) is 58.2 Å². The molecule has 1 aliphatic carbocycles. The Morgan fingerprint density at radius 1 is 1.17 bits per heavy atom. The molecular formula is C17H17ClN2O2S. The Hall–Kier alpha value is -1.85. The minimum absolute atomic E-state index is 0.0494. The molecular weight excluding hydrogens is 332 g/mol. The van der Waals surface area contributed by atoms with E-state index in [1.54, 1.807) is 24.3 Å². The van der Waals surface area contributed by atoms with E-state index >= 15 is 0 Å². The van der Waals surface area contributed by atoms with E-state index in [2.05, 4.69) is 10.6 Å². The Morgan fingerprint density at radius 2 is 1.87 bits per heavy atom. The van der Waals surface area contributed by atoms with Crippen molar-refractivity contribution >= 4 is 39.8 Å². The monoisotopic (exact) mass is 348 g/mol. The van der Waals surface area contributed by atoms with Crippen molar-refractivity contribution in [2.24, 2.45) is 5.92 Å². The number of thiophene rings is 1. The molecule has 0 radical (unpaired) electrons. The smallest absolute Gasteiger partial charge is 0.261 e. The van der Waals surface area contributed by atoms with Gasteiger partial charge in [-0.25, -0.2) is 0 Å². The fourth-order valence-corrected chi connectivity index (χ4v) is 3.14. The third kappa shape index (κ3) is 4.12. The molecule has 1 aromatic heterocycles. The summed E-state index contributed by atoms with van der Waals surface area (Å²) >= 11 is 7.16. The van der Waals surface area contributed by atoms with Crippen molar-refractivity contribution in [3.63, 3.8) is 0 Å². The van der Waals surface area contributed by atoms with Gasteiger partial charge in [-0.2, -0.15) is 0 Å². The summed E-state index contributed by atoms with van der Waals surface area (Å²) in [5, 5.41) is 7.19. The predicted molar refractivity (Wildman–Crippen MR) is 93.0 cm³/mol. The van der Waals surface area contributed by atoms with Crippen LogP contribution in [0.1, 0.15) is 41.0 Å². The molecule has 2 amide bonds. The van der Waals surface area contributed by atoms with Crippen molar-refractivity contribution < 1.29 is 9.59 Å². The Bertz CT molecular complexity index is 722. The predicted octanol–water partition coefficient (Wildman–Crippen LogP) is 4.24. The number of hydrogen-bond acceptors (Lipinski definition) is 3. The molecule has 1 saturated carbocycles. The Balaban J connectivity index is 1.60. The molecule has 2 N–H and O–H groups in total. The molecule has 1 aromatic carbocycles. The first kappa shape index (κ1) is 16.0. The fourth-order valence-electron chi connectivity index (χ4n) is 2.20. The van der Waals surface area contributed by atoms with Crippen LogP contribution in [0.3, 0.4) is 0 Å². The van der Waals surface area contributed by atoms with Crippen molar-refractivity contribution in [3.8, 4) is 0 Å². The zero-order valence-electron chi connectivity index (χ0n) is 12.6. The van der Waals surface area contributed by atoms with Gasteiger partial charge in [0.05, 0.1) is 15.9 Å². The van der Waals surface area contributed by atoms with E-state index in [1.807, 2.05) is 19.1 Å². The second kappa shape index (κ2) is 6.72. The van der Waals surface area contributed by atoms with Crippen LogP contribution in [0.15, 0.2) is 36.4 Å². The number of carbonyl (C=O) groups excluding carboxylic acids is 2. The first-order chi connectivity index (χ1) is 11.0. The summed E-state index contributed by atoms with van der Waals surface area (Å²) in [7, 11) is 0. The van der Waals surface area contributed by atoms with Gasteiger partial charge in [-0.15, -0.1) is 11.3 Å². The number of rotatable bonds is 5. The van der Waals surface area contributed by atoms with E-state index in [0.29, 0.717) is 14.9 Å². The van der Waals surface area contributed by atoms with Crippen molar-refractivity contribution in [2.75, 3.05) is 5.32 Å². The molecule has 0 bridgehead atoms. The molecule has 0 saturated heterocycles. The fraction of sp³-hybridized carbons (Fsp3) is 0.294. The van der Waals surface area contributed by atoms with Crippen molar-refractivity contribution in [2.45, 2.75) is 25.8 Å². The second-order valence-corrected chi connectivity index (χ2v) is 7.19. The van der Waals surface area contributed by atoms with Crippen LogP contribution in [0.5, 0.6) is 0 Å². The van der Waals surface area contributed by atoms with E-state index in [4.69, 9.17) is 11.6 Å². The van der Waals surface area contributed by atoms with Crippen LogP contribution in [0.4, 0.5) is 5.00 Å². The molecule has 23 heavy (non-hydrogen) atoms. The highest BCUT2D eigenvalue weighted by Crippen LogP contribution is 2.31. The standard InChI is InChI=1S/C17H17ClN2O2S/c1-10(11-4-6-13(18)7-5-11)19-17(22)14-8-9-15(23-14)20-16(21)12-2-3-12/h4-10,12H,2-3H2,1H3,(H,19,22)(H,20,21). The Kier molecular flexibility index (Phi) is 4.68. The van der Waals surface area contributed by atoms with Crippen LogP contribution < -0.4 is 10.6 Å². The highest BCUT2D eigenvalue weighted by molar-refractivity contribution is 7.18. The molecule has 0 spiro atoms. The third-order valence-electron chi connectivity index (χ3n) is 3.74. The quantitative estimate of drug-likeness (QED) is 0.849. The van der Waals surface area contributed by atoms with Gasteiger partial charge in [0.25, 0.3) is 5.91 Å². The van der Waals surface area contributed by atoms with Crippen LogP contribution in [0, 0.1) is 5.92 Å². The van der Waals surface area contributed by atoms with Gasteiger partial charge in [0.1, 0.15) is 0 Å². The normalized spacial score (nSPS) is 15.0. The van der Waals surface area contributed by atoms with Crippen molar-refractivity contribution in [1.82, 2.24) is 5.32 Å². The molecule has 1 fully saturated rings. The number of anilines is 1. The van der Waals surface area contributed by atoms with E-state index in [9.17, 15) is 9.59 Å². The third-order valence-corrected chi connectivity index (χ3v) is 4.99. The van der Waals surface area contributed by atoms with Crippen LogP contribution >= 0.6 is 22.9 Å². The summed E-state index contributed by atoms with van der Waals surface area (Å²) in [6.07, 6.45) is 1.92. The highest BCUT2D eigenvalue weighted by Gasteiger charge is 2.29. The summed E-state index contributed by atoms with van der Waals surface area (Å²) in [6.45, 7) is 1.92. The van der Waals surface area contributed by atoms with Gasteiger partial charge in [-0.05, 0) is 49.6 Å². The molecule has 0 aliphatic heterocycles. The molecule has 1 atom stereocenters. The average Bonchev–Trinajstić information content (AvgIpc) is 3.28. The summed E-state index contributed by atoms with van der Waals surface area (Å²) in [5.41, 5.74) is 0.988. The van der Waals surface area contributed by atoms with Gasteiger partial charge in [0.2, 0.25) is 5.91 Å². The molecule has 1 unspecified atom stereocenters. The van der Waals surface area contributed by atoms with Gasteiger partial charge in [0.15, 0.2) is 0 Å². The molecule has 1 heterocycles. The van der Waals surface area contributed by atoms with Gasteiger partial charge < -0.3 is 10.6 Å². The summed E-state index contributed by atoms with van der Waals surface area (Å²) in [5.74, 6) is 0.0528. The molecule has 6 heteroatoms. The van der Waals surface area contributed by atoms with Crippen LogP contribution in [0.2, 0.25) is 5.02 Å². The maximum atomic E-state index is 12.3. The van der Waals surface area contributed by atoms with Gasteiger partial charge in [0, 0.05) is 10.9 Å². The Labute approximate surface area is 143 Å². The van der Waals surface area contributed by atoms with Gasteiger partial charge in [-0.1, -0.05) is 23.7 Å². The Morgan fingerprint density at radius 3 is 2.52 bits per heavy atom. The van der Waals surface area contributed by atoms with Crippen LogP contribution in [-0.4, -0.2) is 11.8 Å². The maximum Gasteiger partial charge on any atom is 0.261 e.